The first-order valence-electron chi connectivity index (χ1n) is 11.8. The van der Waals surface area contributed by atoms with E-state index in [-0.39, 0.29) is 18.6 Å². The molecule has 0 saturated carbocycles. The van der Waals surface area contributed by atoms with Crippen LogP contribution in [-0.4, -0.2) is 45.5 Å². The van der Waals surface area contributed by atoms with Crippen LogP contribution in [0.2, 0.25) is 0 Å². The highest BCUT2D eigenvalue weighted by atomic mass is 16.7. The van der Waals surface area contributed by atoms with Gasteiger partial charge in [-0.2, -0.15) is 0 Å². The minimum atomic E-state index is -0.116. The molecule has 9 nitrogen and oxygen atoms in total. The van der Waals surface area contributed by atoms with E-state index in [1.165, 1.54) is 5.56 Å². The summed E-state index contributed by atoms with van der Waals surface area (Å²) >= 11 is 0. The molecule has 2 aromatic heterocycles. The number of amides is 1. The molecule has 6 rings (SSSR count). The number of nitrogens with one attached hydrogen (secondary N) is 1. The lowest BCUT2D eigenvalue weighted by Crippen LogP contribution is -2.43. The molecule has 1 fully saturated rings. The van der Waals surface area contributed by atoms with E-state index < -0.39 is 0 Å². The van der Waals surface area contributed by atoms with Crippen LogP contribution in [0.15, 0.2) is 55.0 Å². The Morgan fingerprint density at radius 3 is 2.86 bits per heavy atom. The number of aryl methyl sites for hydroxylation is 1. The number of hydrogen-bond acceptors (Lipinski definition) is 7. The van der Waals surface area contributed by atoms with Gasteiger partial charge in [0.25, 0.3) is 0 Å². The summed E-state index contributed by atoms with van der Waals surface area (Å²) in [6.07, 6.45) is 5.28. The van der Waals surface area contributed by atoms with Gasteiger partial charge in [0.15, 0.2) is 17.1 Å². The normalized spacial score (nSPS) is 17.1. The van der Waals surface area contributed by atoms with Crippen LogP contribution in [0.4, 0.5) is 5.82 Å². The van der Waals surface area contributed by atoms with Gasteiger partial charge in [0, 0.05) is 25.8 Å². The van der Waals surface area contributed by atoms with Crippen molar-refractivity contribution in [3.05, 3.63) is 66.1 Å². The van der Waals surface area contributed by atoms with Gasteiger partial charge in [-0.3, -0.25) is 4.79 Å². The van der Waals surface area contributed by atoms with Crippen molar-refractivity contribution in [2.75, 3.05) is 24.8 Å². The van der Waals surface area contributed by atoms with E-state index in [0.29, 0.717) is 18.7 Å². The predicted octanol–water partition coefficient (Wildman–Crippen LogP) is 3.39. The Balaban J connectivity index is 1.17. The maximum Gasteiger partial charge on any atom is 0.231 e. The lowest BCUT2D eigenvalue weighted by Gasteiger charge is -2.33. The summed E-state index contributed by atoms with van der Waals surface area (Å²) in [5, 5.41) is 8.62. The summed E-state index contributed by atoms with van der Waals surface area (Å²) < 4.78 is 12.6. The first-order chi connectivity index (χ1) is 17.1. The average molecular weight is 471 g/mol. The molecule has 0 aliphatic carbocycles. The number of aromatic nitrogens is 4. The molecule has 1 amide bonds. The summed E-state index contributed by atoms with van der Waals surface area (Å²) in [5.41, 5.74) is 3.79. The van der Waals surface area contributed by atoms with Gasteiger partial charge in [-0.15, -0.1) is 5.10 Å². The summed E-state index contributed by atoms with van der Waals surface area (Å²) in [6.45, 7) is 4.20. The molecule has 0 spiro atoms. The fourth-order valence-electron chi connectivity index (χ4n) is 4.68. The Kier molecular flexibility index (Phi) is 5.44. The number of benzene rings is 2. The molecule has 1 N–H and O–H groups in total. The number of carbonyl (C=O) groups is 1. The van der Waals surface area contributed by atoms with Gasteiger partial charge in [0.05, 0.1) is 17.0 Å². The Morgan fingerprint density at radius 1 is 1.11 bits per heavy atom. The zero-order chi connectivity index (χ0) is 23.8. The number of rotatable bonds is 5. The van der Waals surface area contributed by atoms with Gasteiger partial charge in [-0.05, 0) is 49.6 Å². The molecule has 0 radical (unpaired) electrons. The third kappa shape index (κ3) is 4.25. The molecular formula is C26H26N6O3. The van der Waals surface area contributed by atoms with Crippen molar-refractivity contribution in [1.29, 1.82) is 0 Å². The molecule has 0 bridgehead atoms. The number of ether oxygens (including phenoxy) is 2. The van der Waals surface area contributed by atoms with Crippen LogP contribution in [0.3, 0.4) is 0 Å². The van der Waals surface area contributed by atoms with E-state index in [4.69, 9.17) is 9.47 Å². The summed E-state index contributed by atoms with van der Waals surface area (Å²) in [4.78, 5) is 24.1. The van der Waals surface area contributed by atoms with Crippen molar-refractivity contribution in [3.8, 4) is 17.2 Å². The molecule has 4 heterocycles. The molecule has 35 heavy (non-hydrogen) atoms. The quantitative estimate of drug-likeness (QED) is 0.478. The van der Waals surface area contributed by atoms with Gasteiger partial charge in [0.2, 0.25) is 12.7 Å². The predicted molar refractivity (Wildman–Crippen MR) is 131 cm³/mol. The molecule has 1 saturated heterocycles. The first kappa shape index (κ1) is 21.4. The Morgan fingerprint density at radius 2 is 1.97 bits per heavy atom. The summed E-state index contributed by atoms with van der Waals surface area (Å²) in [6, 6.07) is 13.9. The van der Waals surface area contributed by atoms with Crippen molar-refractivity contribution in [1.82, 2.24) is 25.1 Å². The molecule has 9 heteroatoms. The van der Waals surface area contributed by atoms with Crippen LogP contribution in [0.25, 0.3) is 16.7 Å². The second kappa shape index (κ2) is 8.90. The summed E-state index contributed by atoms with van der Waals surface area (Å²) in [7, 11) is 0. The minimum Gasteiger partial charge on any atom is -0.454 e. The van der Waals surface area contributed by atoms with Crippen LogP contribution >= 0.6 is 0 Å². The van der Waals surface area contributed by atoms with Crippen molar-refractivity contribution < 1.29 is 14.3 Å². The zero-order valence-electron chi connectivity index (χ0n) is 19.5. The SMILES string of the molecule is Cc1ccc(-n2cc3c(N4CCC[C@H](C(=O)NCc5ccc6c(c5)OCO6)C4)ncnc3n2)cc1. The average Bonchev–Trinajstić information content (AvgIpc) is 3.54. The number of nitrogens with zero attached hydrogens (tertiary/aromatic N) is 5. The van der Waals surface area contributed by atoms with Crippen molar-refractivity contribution in [3.63, 3.8) is 0 Å². The molecule has 178 valence electrons. The zero-order valence-corrected chi connectivity index (χ0v) is 19.5. The number of fused-ring (bicyclic) bond motifs is 2. The molecule has 2 aromatic carbocycles. The second-order valence-corrected chi connectivity index (χ2v) is 9.03. The lowest BCUT2D eigenvalue weighted by molar-refractivity contribution is -0.125. The minimum absolute atomic E-state index is 0.0491. The van der Waals surface area contributed by atoms with E-state index in [2.05, 4.69) is 44.3 Å². The number of carbonyl (C=O) groups excluding carboxylic acids is 1. The van der Waals surface area contributed by atoms with Gasteiger partial charge < -0.3 is 19.7 Å². The maximum absolute atomic E-state index is 13.0. The fraction of sp³-hybridized carbons (Fsp3) is 0.308. The number of piperidine rings is 1. The van der Waals surface area contributed by atoms with Crippen LogP contribution in [0, 0.1) is 12.8 Å². The van der Waals surface area contributed by atoms with Gasteiger partial charge in [-0.25, -0.2) is 14.6 Å². The largest absolute Gasteiger partial charge is 0.454 e. The molecule has 0 unspecified atom stereocenters. The Bertz CT molecular complexity index is 1380. The monoisotopic (exact) mass is 470 g/mol. The number of hydrogen-bond donors (Lipinski definition) is 1. The highest BCUT2D eigenvalue weighted by Gasteiger charge is 2.28. The van der Waals surface area contributed by atoms with Gasteiger partial charge in [0.1, 0.15) is 12.1 Å². The number of anilines is 1. The van der Waals surface area contributed by atoms with Crippen molar-refractivity contribution >= 4 is 22.8 Å². The summed E-state index contributed by atoms with van der Waals surface area (Å²) in [5.74, 6) is 2.22. The topological polar surface area (TPSA) is 94.4 Å². The third-order valence-corrected chi connectivity index (χ3v) is 6.59. The van der Waals surface area contributed by atoms with Crippen LogP contribution < -0.4 is 19.7 Å². The van der Waals surface area contributed by atoms with Crippen molar-refractivity contribution in [2.45, 2.75) is 26.3 Å². The first-order valence-corrected chi connectivity index (χ1v) is 11.8. The highest BCUT2D eigenvalue weighted by molar-refractivity contribution is 5.87. The van der Waals surface area contributed by atoms with Crippen molar-refractivity contribution in [2.24, 2.45) is 5.92 Å². The fourth-order valence-corrected chi connectivity index (χ4v) is 4.68. The van der Waals surface area contributed by atoms with E-state index in [1.807, 2.05) is 41.2 Å². The van der Waals surface area contributed by atoms with Gasteiger partial charge in [-0.1, -0.05) is 23.8 Å². The van der Waals surface area contributed by atoms with Crippen LogP contribution in [-0.2, 0) is 11.3 Å². The maximum atomic E-state index is 13.0. The molecule has 4 aromatic rings. The van der Waals surface area contributed by atoms with Crippen LogP contribution in [0.5, 0.6) is 11.5 Å². The van der Waals surface area contributed by atoms with E-state index in [1.54, 1.807) is 6.33 Å². The van der Waals surface area contributed by atoms with E-state index in [0.717, 1.165) is 53.3 Å². The lowest BCUT2D eigenvalue weighted by atomic mass is 9.97. The standard InChI is InChI=1S/C26H26N6O3/c1-17-4-7-20(8-5-17)32-14-21-24(30-32)28-15-29-25(21)31-10-2-3-19(13-31)26(33)27-12-18-6-9-22-23(11-18)35-16-34-22/h4-9,11,14-15,19H,2-3,10,12-13,16H2,1H3,(H,27,33)/t19-/m0/s1. The van der Waals surface area contributed by atoms with Gasteiger partial charge >= 0.3 is 0 Å². The molecule has 2 aliphatic rings. The highest BCUT2D eigenvalue weighted by Crippen LogP contribution is 2.32. The molecule has 2 aliphatic heterocycles. The van der Waals surface area contributed by atoms with Crippen LogP contribution in [0.1, 0.15) is 24.0 Å². The Labute approximate surface area is 202 Å². The smallest absolute Gasteiger partial charge is 0.231 e. The van der Waals surface area contributed by atoms with E-state index >= 15 is 0 Å². The van der Waals surface area contributed by atoms with E-state index in [9.17, 15) is 4.79 Å². The molecular weight excluding hydrogens is 444 g/mol. The third-order valence-electron chi connectivity index (χ3n) is 6.59. The molecule has 1 atom stereocenters. The second-order valence-electron chi connectivity index (χ2n) is 9.03. The Hall–Kier alpha value is -4.14.